The molecular weight excluding hydrogens is 439 g/mol. The first-order valence-electron chi connectivity index (χ1n) is 12.4. The Balaban J connectivity index is 1.75. The van der Waals surface area contributed by atoms with Crippen molar-refractivity contribution in [2.24, 2.45) is 17.1 Å². The van der Waals surface area contributed by atoms with Crippen LogP contribution in [-0.4, -0.2) is 33.4 Å². The van der Waals surface area contributed by atoms with Crippen molar-refractivity contribution in [3.05, 3.63) is 65.9 Å². The Morgan fingerprint density at radius 1 is 1.26 bits per heavy atom. The summed E-state index contributed by atoms with van der Waals surface area (Å²) in [4.78, 5) is 20.2. The number of rotatable bonds is 4. The zero-order valence-electron chi connectivity index (χ0n) is 21.8. The number of hydrogen-bond donors (Lipinski definition) is 1. The number of nitrogens with two attached hydrogens (primary N) is 1. The molecular formula is C29H37FN4O. The number of hydrogen-bond acceptors (Lipinski definition) is 3. The maximum atomic E-state index is 14.6. The lowest BCUT2D eigenvalue weighted by atomic mass is 9.72. The second kappa shape index (κ2) is 8.81. The normalized spacial score (nSPS) is 18.1. The minimum atomic E-state index is -0.269. The molecule has 35 heavy (non-hydrogen) atoms. The maximum absolute atomic E-state index is 14.6. The number of amides is 1. The summed E-state index contributed by atoms with van der Waals surface area (Å²) in [5, 5.41) is 0.901. The first kappa shape index (κ1) is 25.0. The van der Waals surface area contributed by atoms with Crippen LogP contribution in [0.15, 0.2) is 48.8 Å². The van der Waals surface area contributed by atoms with Gasteiger partial charge in [0.1, 0.15) is 17.2 Å². The lowest BCUT2D eigenvalue weighted by Gasteiger charge is -2.44. The van der Waals surface area contributed by atoms with Crippen LogP contribution >= 0.6 is 0 Å². The summed E-state index contributed by atoms with van der Waals surface area (Å²) in [5.41, 5.74) is 9.85. The van der Waals surface area contributed by atoms with Gasteiger partial charge >= 0.3 is 0 Å². The highest BCUT2D eigenvalue weighted by Gasteiger charge is 2.39. The minimum absolute atomic E-state index is 0.0809. The molecule has 0 bridgehead atoms. The zero-order chi connectivity index (χ0) is 25.7. The Labute approximate surface area is 207 Å². The number of pyridine rings is 1. The third-order valence-electron chi connectivity index (χ3n) is 7.30. The van der Waals surface area contributed by atoms with Crippen molar-refractivity contribution in [3.63, 3.8) is 0 Å². The fourth-order valence-corrected chi connectivity index (χ4v) is 5.34. The zero-order valence-corrected chi connectivity index (χ0v) is 21.8. The molecule has 0 radical (unpaired) electrons. The number of likely N-dealkylation sites (tertiary alicyclic amines) is 1. The molecule has 6 heteroatoms. The van der Waals surface area contributed by atoms with Crippen molar-refractivity contribution in [2.75, 3.05) is 13.1 Å². The largest absolute Gasteiger partial charge is 0.402 e. The highest BCUT2D eigenvalue weighted by Crippen LogP contribution is 2.38. The standard InChI is InChI=1S/C29H37FN4O/c1-8-19-9-10-20(15-24(19)30)22-16-34(28(3,4)5)26-21(22)11-12-25(32-26)27(35)33-14-13-23(18(2)31)29(6,7)17-33/h9-12,15-16,23H,2,8,13-14,17,31H2,1,3-7H3. The molecule has 0 saturated carbocycles. The molecule has 1 aliphatic heterocycles. The van der Waals surface area contributed by atoms with Crippen molar-refractivity contribution in [1.82, 2.24) is 14.5 Å². The van der Waals surface area contributed by atoms with E-state index in [1.807, 2.05) is 36.2 Å². The van der Waals surface area contributed by atoms with Gasteiger partial charge in [-0.2, -0.15) is 0 Å². The highest BCUT2D eigenvalue weighted by molar-refractivity contribution is 5.99. The van der Waals surface area contributed by atoms with E-state index in [0.717, 1.165) is 28.6 Å². The smallest absolute Gasteiger partial charge is 0.272 e. The van der Waals surface area contributed by atoms with Gasteiger partial charge in [-0.25, -0.2) is 9.37 Å². The number of allylic oxidation sites excluding steroid dienone is 1. The van der Waals surface area contributed by atoms with Crippen molar-refractivity contribution >= 4 is 16.9 Å². The van der Waals surface area contributed by atoms with Crippen LogP contribution in [0.25, 0.3) is 22.2 Å². The van der Waals surface area contributed by atoms with Crippen molar-refractivity contribution in [3.8, 4) is 11.1 Å². The first-order valence-corrected chi connectivity index (χ1v) is 12.4. The van der Waals surface area contributed by atoms with Crippen molar-refractivity contribution in [1.29, 1.82) is 0 Å². The van der Waals surface area contributed by atoms with Crippen LogP contribution in [0.3, 0.4) is 0 Å². The second-order valence-electron chi connectivity index (χ2n) is 11.4. The third-order valence-corrected chi connectivity index (χ3v) is 7.30. The molecule has 186 valence electrons. The number of aryl methyl sites for hydroxylation is 1. The molecule has 1 fully saturated rings. The summed E-state index contributed by atoms with van der Waals surface area (Å²) < 4.78 is 16.7. The minimum Gasteiger partial charge on any atom is -0.402 e. The van der Waals surface area contributed by atoms with Gasteiger partial charge in [-0.3, -0.25) is 4.79 Å². The Bertz CT molecular complexity index is 1300. The first-order chi connectivity index (χ1) is 16.3. The number of nitrogens with zero attached hydrogens (tertiary/aromatic N) is 3. The average molecular weight is 477 g/mol. The van der Waals surface area contributed by atoms with Gasteiger partial charge in [0.2, 0.25) is 0 Å². The summed E-state index contributed by atoms with van der Waals surface area (Å²) in [6.45, 7) is 17.7. The van der Waals surface area contributed by atoms with E-state index >= 15 is 0 Å². The highest BCUT2D eigenvalue weighted by atomic mass is 19.1. The molecule has 1 amide bonds. The van der Waals surface area contributed by atoms with E-state index in [0.29, 0.717) is 36.5 Å². The number of aromatic nitrogens is 2. The molecule has 0 spiro atoms. The van der Waals surface area contributed by atoms with E-state index < -0.39 is 0 Å². The fraction of sp³-hybridized carbons (Fsp3) is 0.448. The SMILES string of the molecule is C=C(N)C1CCN(C(=O)c2ccc3c(-c4ccc(CC)c(F)c4)cn(C(C)(C)C)c3n2)CC1(C)C. The summed E-state index contributed by atoms with van der Waals surface area (Å²) in [6, 6.07) is 9.13. The second-order valence-corrected chi connectivity index (χ2v) is 11.4. The molecule has 1 aromatic carbocycles. The van der Waals surface area contributed by atoms with E-state index in [1.165, 1.54) is 0 Å². The van der Waals surface area contributed by atoms with E-state index in [9.17, 15) is 9.18 Å². The van der Waals surface area contributed by atoms with Crippen LogP contribution in [-0.2, 0) is 12.0 Å². The van der Waals surface area contributed by atoms with Crippen molar-refractivity contribution < 1.29 is 9.18 Å². The molecule has 5 nitrogen and oxygen atoms in total. The van der Waals surface area contributed by atoms with Gasteiger partial charge in [-0.15, -0.1) is 0 Å². The quantitative estimate of drug-likeness (QED) is 0.493. The number of piperidine rings is 1. The van der Waals surface area contributed by atoms with E-state index in [-0.39, 0.29) is 28.6 Å². The van der Waals surface area contributed by atoms with Crippen LogP contribution in [0.4, 0.5) is 4.39 Å². The molecule has 1 saturated heterocycles. The summed E-state index contributed by atoms with van der Waals surface area (Å²) in [5.74, 6) is -0.0997. The van der Waals surface area contributed by atoms with Gasteiger partial charge < -0.3 is 15.2 Å². The Kier molecular flexibility index (Phi) is 6.28. The van der Waals surface area contributed by atoms with Crippen LogP contribution < -0.4 is 5.73 Å². The number of halogens is 1. The van der Waals surface area contributed by atoms with Crippen LogP contribution in [0.1, 0.15) is 64.0 Å². The molecule has 1 unspecified atom stereocenters. The monoisotopic (exact) mass is 476 g/mol. The van der Waals surface area contributed by atoms with Crippen molar-refractivity contribution in [2.45, 2.75) is 59.9 Å². The molecule has 3 aromatic rings. The number of carbonyl (C=O) groups is 1. The number of carbonyl (C=O) groups excluding carboxylic acids is 1. The summed E-state index contributed by atoms with van der Waals surface area (Å²) in [6.07, 6.45) is 3.46. The number of benzene rings is 1. The van der Waals surface area contributed by atoms with Crippen LogP contribution in [0, 0.1) is 17.2 Å². The topological polar surface area (TPSA) is 64.2 Å². The molecule has 1 aliphatic rings. The van der Waals surface area contributed by atoms with Gasteiger partial charge in [0, 0.05) is 47.4 Å². The van der Waals surface area contributed by atoms with E-state index in [4.69, 9.17) is 10.7 Å². The summed E-state index contributed by atoms with van der Waals surface area (Å²) >= 11 is 0. The van der Waals surface area contributed by atoms with Gasteiger partial charge in [0.15, 0.2) is 0 Å². The third kappa shape index (κ3) is 4.58. The Morgan fingerprint density at radius 2 is 1.97 bits per heavy atom. The van der Waals surface area contributed by atoms with Crippen LogP contribution in [0.5, 0.6) is 0 Å². The predicted octanol–water partition coefficient (Wildman–Crippen LogP) is 6.12. The van der Waals surface area contributed by atoms with E-state index in [1.54, 1.807) is 12.1 Å². The fourth-order valence-electron chi connectivity index (χ4n) is 5.34. The van der Waals surface area contributed by atoms with Gasteiger partial charge in [-0.1, -0.05) is 39.5 Å². The average Bonchev–Trinajstić information content (AvgIpc) is 3.17. The van der Waals surface area contributed by atoms with Gasteiger partial charge in [0.05, 0.1) is 0 Å². The summed E-state index contributed by atoms with van der Waals surface area (Å²) in [7, 11) is 0. The molecule has 0 aliphatic carbocycles. The lowest BCUT2D eigenvalue weighted by Crippen LogP contribution is -2.49. The lowest BCUT2D eigenvalue weighted by molar-refractivity contribution is 0.0453. The Morgan fingerprint density at radius 3 is 2.54 bits per heavy atom. The molecule has 2 N–H and O–H groups in total. The predicted molar refractivity (Wildman–Crippen MR) is 141 cm³/mol. The van der Waals surface area contributed by atoms with Gasteiger partial charge in [0.25, 0.3) is 5.91 Å². The maximum Gasteiger partial charge on any atom is 0.272 e. The Hall–Kier alpha value is -3.15. The molecule has 3 heterocycles. The van der Waals surface area contributed by atoms with Crippen LogP contribution in [0.2, 0.25) is 0 Å². The van der Waals surface area contributed by atoms with E-state index in [2.05, 4.69) is 45.8 Å². The molecule has 4 rings (SSSR count). The molecule has 1 atom stereocenters. The number of fused-ring (bicyclic) bond motifs is 1. The molecule has 2 aromatic heterocycles. The van der Waals surface area contributed by atoms with Gasteiger partial charge in [-0.05, 0) is 68.4 Å².